The minimum Gasteiger partial charge on any atom is -0.495 e. The van der Waals surface area contributed by atoms with E-state index in [2.05, 4.69) is 9.62 Å². The Balaban J connectivity index is 1.93. The summed E-state index contributed by atoms with van der Waals surface area (Å²) < 4.78 is 38.6. The summed E-state index contributed by atoms with van der Waals surface area (Å²) in [4.78, 5) is 13.1. The van der Waals surface area contributed by atoms with E-state index in [0.717, 1.165) is 11.8 Å². The third kappa shape index (κ3) is 4.32. The zero-order chi connectivity index (χ0) is 19.4. The van der Waals surface area contributed by atoms with Crippen LogP contribution >= 0.6 is 0 Å². The first-order valence-corrected chi connectivity index (χ1v) is 9.76. The molecule has 1 aliphatic rings. The van der Waals surface area contributed by atoms with Crippen molar-refractivity contribution in [3.8, 4) is 5.75 Å². The van der Waals surface area contributed by atoms with Crippen LogP contribution in [0.25, 0.3) is 0 Å². The van der Waals surface area contributed by atoms with Gasteiger partial charge in [0.2, 0.25) is 0 Å². The van der Waals surface area contributed by atoms with Crippen molar-refractivity contribution in [3.63, 3.8) is 0 Å². The molecule has 2 aromatic rings. The van der Waals surface area contributed by atoms with Crippen LogP contribution in [0, 0.1) is 0 Å². The van der Waals surface area contributed by atoms with Crippen LogP contribution in [0.3, 0.4) is 0 Å². The number of methoxy groups -OCH3 is 1. The second-order valence-electron chi connectivity index (χ2n) is 5.92. The molecule has 2 N–H and O–H groups in total. The molecule has 0 amide bonds. The Hall–Kier alpha value is -2.78. The number of hydrogen-bond acceptors (Lipinski definition) is 6. The molecule has 27 heavy (non-hydrogen) atoms. The molecule has 0 bridgehead atoms. The minimum absolute atomic E-state index is 0.105. The van der Waals surface area contributed by atoms with Crippen molar-refractivity contribution >= 4 is 27.4 Å². The summed E-state index contributed by atoms with van der Waals surface area (Å²) in [6.07, 6.45) is 0. The van der Waals surface area contributed by atoms with Crippen LogP contribution in [0.4, 0.5) is 11.4 Å². The summed E-state index contributed by atoms with van der Waals surface area (Å²) in [5.41, 5.74) is 1.02. The first-order chi connectivity index (χ1) is 12.9. The van der Waals surface area contributed by atoms with Gasteiger partial charge in [0, 0.05) is 18.8 Å². The maximum Gasteiger partial charge on any atom is 0.335 e. The smallest absolute Gasteiger partial charge is 0.335 e. The van der Waals surface area contributed by atoms with Crippen molar-refractivity contribution in [2.75, 3.05) is 43.0 Å². The van der Waals surface area contributed by atoms with Gasteiger partial charge in [-0.1, -0.05) is 6.07 Å². The molecule has 1 heterocycles. The van der Waals surface area contributed by atoms with Gasteiger partial charge in [0.25, 0.3) is 10.0 Å². The Morgan fingerprint density at radius 3 is 2.59 bits per heavy atom. The zero-order valence-electron chi connectivity index (χ0n) is 14.7. The number of aromatic carboxylic acids is 1. The standard InChI is InChI=1S/C18H20N2O6S/c1-25-17-6-5-14(20-7-9-26-10-8-20)12-16(17)19-27(23,24)15-4-2-3-13(11-15)18(21)22/h2-6,11-12,19H,7-10H2,1H3,(H,21,22). The Bertz CT molecular complexity index is 939. The van der Waals surface area contributed by atoms with E-state index < -0.39 is 16.0 Å². The van der Waals surface area contributed by atoms with E-state index in [1.165, 1.54) is 25.3 Å². The number of anilines is 2. The molecule has 144 valence electrons. The van der Waals surface area contributed by atoms with Crippen molar-refractivity contribution in [2.45, 2.75) is 4.90 Å². The average Bonchev–Trinajstić information content (AvgIpc) is 2.68. The molecule has 9 heteroatoms. The third-order valence-corrected chi connectivity index (χ3v) is 5.56. The number of carbonyl (C=O) groups is 1. The van der Waals surface area contributed by atoms with Crippen molar-refractivity contribution < 1.29 is 27.8 Å². The Kier molecular flexibility index (Phi) is 5.52. The lowest BCUT2D eigenvalue weighted by atomic mass is 10.2. The van der Waals surface area contributed by atoms with Crippen LogP contribution < -0.4 is 14.4 Å². The van der Waals surface area contributed by atoms with Gasteiger partial charge in [-0.25, -0.2) is 13.2 Å². The molecule has 0 radical (unpaired) electrons. The molecule has 2 aromatic carbocycles. The Labute approximate surface area is 157 Å². The molecule has 8 nitrogen and oxygen atoms in total. The number of hydrogen-bond donors (Lipinski definition) is 2. The van der Waals surface area contributed by atoms with Crippen LogP contribution in [-0.2, 0) is 14.8 Å². The highest BCUT2D eigenvalue weighted by atomic mass is 32.2. The third-order valence-electron chi connectivity index (χ3n) is 4.19. The number of sulfonamides is 1. The number of carboxylic acid groups (broad SMARTS) is 1. The molecule has 1 saturated heterocycles. The normalized spacial score (nSPS) is 14.6. The van der Waals surface area contributed by atoms with E-state index in [9.17, 15) is 13.2 Å². The van der Waals surface area contributed by atoms with E-state index >= 15 is 0 Å². The number of rotatable bonds is 6. The average molecular weight is 392 g/mol. The number of nitrogens with one attached hydrogen (secondary N) is 1. The van der Waals surface area contributed by atoms with Gasteiger partial charge in [-0.15, -0.1) is 0 Å². The SMILES string of the molecule is COc1ccc(N2CCOCC2)cc1NS(=O)(=O)c1cccc(C(=O)O)c1. The van der Waals surface area contributed by atoms with E-state index in [1.54, 1.807) is 12.1 Å². The van der Waals surface area contributed by atoms with Crippen molar-refractivity contribution in [1.82, 2.24) is 0 Å². The van der Waals surface area contributed by atoms with Crippen molar-refractivity contribution in [3.05, 3.63) is 48.0 Å². The van der Waals surface area contributed by atoms with Gasteiger partial charge in [0.1, 0.15) is 5.75 Å². The van der Waals surface area contributed by atoms with Crippen molar-refractivity contribution in [1.29, 1.82) is 0 Å². The van der Waals surface area contributed by atoms with Crippen LogP contribution in [0.2, 0.25) is 0 Å². The van der Waals surface area contributed by atoms with Gasteiger partial charge >= 0.3 is 5.97 Å². The number of benzene rings is 2. The summed E-state index contributed by atoms with van der Waals surface area (Å²) >= 11 is 0. The Morgan fingerprint density at radius 1 is 1.19 bits per heavy atom. The van der Waals surface area contributed by atoms with E-state index in [1.807, 2.05) is 6.07 Å². The first kappa shape index (κ1) is 19.0. The number of nitrogens with zero attached hydrogens (tertiary/aromatic N) is 1. The second-order valence-corrected chi connectivity index (χ2v) is 7.60. The molecule has 0 atom stereocenters. The molecule has 0 spiro atoms. The molecule has 0 aliphatic carbocycles. The monoisotopic (exact) mass is 392 g/mol. The highest BCUT2D eigenvalue weighted by Crippen LogP contribution is 2.32. The lowest BCUT2D eigenvalue weighted by Gasteiger charge is -2.29. The lowest BCUT2D eigenvalue weighted by molar-refractivity contribution is 0.0696. The second kappa shape index (κ2) is 7.85. The van der Waals surface area contributed by atoms with E-state index in [4.69, 9.17) is 14.6 Å². The fraction of sp³-hybridized carbons (Fsp3) is 0.278. The Morgan fingerprint density at radius 2 is 1.93 bits per heavy atom. The predicted octanol–water partition coefficient (Wildman–Crippen LogP) is 2.03. The lowest BCUT2D eigenvalue weighted by Crippen LogP contribution is -2.36. The van der Waals surface area contributed by atoms with E-state index in [0.29, 0.717) is 32.1 Å². The van der Waals surface area contributed by atoms with Crippen LogP contribution in [0.1, 0.15) is 10.4 Å². The molecule has 3 rings (SSSR count). The fourth-order valence-electron chi connectivity index (χ4n) is 2.79. The first-order valence-electron chi connectivity index (χ1n) is 8.27. The van der Waals surface area contributed by atoms with Gasteiger partial charge in [-0.2, -0.15) is 0 Å². The van der Waals surface area contributed by atoms with Gasteiger partial charge in [0.15, 0.2) is 0 Å². The van der Waals surface area contributed by atoms with Gasteiger partial charge in [-0.3, -0.25) is 4.72 Å². The highest BCUT2D eigenvalue weighted by Gasteiger charge is 2.20. The number of morpholine rings is 1. The topological polar surface area (TPSA) is 105 Å². The summed E-state index contributed by atoms with van der Waals surface area (Å²) in [7, 11) is -2.53. The number of ether oxygens (including phenoxy) is 2. The van der Waals surface area contributed by atoms with Crippen LogP contribution in [0.15, 0.2) is 47.4 Å². The molecule has 0 aromatic heterocycles. The van der Waals surface area contributed by atoms with E-state index in [-0.39, 0.29) is 16.1 Å². The molecular formula is C18H20N2O6S. The van der Waals surface area contributed by atoms with Gasteiger partial charge in [-0.05, 0) is 36.4 Å². The molecule has 1 fully saturated rings. The zero-order valence-corrected chi connectivity index (χ0v) is 15.5. The highest BCUT2D eigenvalue weighted by molar-refractivity contribution is 7.92. The van der Waals surface area contributed by atoms with Gasteiger partial charge in [0.05, 0.1) is 36.5 Å². The molecular weight excluding hydrogens is 372 g/mol. The quantitative estimate of drug-likeness (QED) is 0.775. The maximum atomic E-state index is 12.7. The molecule has 1 aliphatic heterocycles. The van der Waals surface area contributed by atoms with Crippen molar-refractivity contribution in [2.24, 2.45) is 0 Å². The summed E-state index contributed by atoms with van der Waals surface area (Å²) in [5.74, 6) is -0.830. The maximum absolute atomic E-state index is 12.7. The largest absolute Gasteiger partial charge is 0.495 e. The number of carboxylic acids is 1. The predicted molar refractivity (Wildman–Crippen MR) is 100 cm³/mol. The van der Waals surface area contributed by atoms with Gasteiger partial charge < -0.3 is 19.5 Å². The summed E-state index contributed by atoms with van der Waals surface area (Å²) in [6.45, 7) is 2.63. The summed E-state index contributed by atoms with van der Waals surface area (Å²) in [6, 6.07) is 10.4. The van der Waals surface area contributed by atoms with Crippen LogP contribution in [-0.4, -0.2) is 52.9 Å². The van der Waals surface area contributed by atoms with Crippen LogP contribution in [0.5, 0.6) is 5.75 Å². The fourth-order valence-corrected chi connectivity index (χ4v) is 3.90. The molecule has 0 saturated carbocycles. The molecule has 0 unspecified atom stereocenters. The minimum atomic E-state index is -3.99. The summed E-state index contributed by atoms with van der Waals surface area (Å²) in [5, 5.41) is 9.08.